The summed E-state index contributed by atoms with van der Waals surface area (Å²) in [6.45, 7) is 1.79. The van der Waals surface area contributed by atoms with Gasteiger partial charge in [0.05, 0.1) is 10.7 Å². The fraction of sp³-hybridized carbons (Fsp3) is 0.0769. The molecule has 4 nitrogen and oxygen atoms in total. The Morgan fingerprint density at radius 2 is 1.95 bits per heavy atom. The largest absolute Gasteiger partial charge is 0.398 e. The molecular formula is C13H11BrClFN2O2S. The second kappa shape index (κ2) is 5.82. The lowest BCUT2D eigenvalue weighted by molar-refractivity contribution is 0.595. The molecule has 2 aromatic rings. The maximum atomic E-state index is 13.2. The summed E-state index contributed by atoms with van der Waals surface area (Å²) in [6, 6.07) is 6.28. The van der Waals surface area contributed by atoms with Gasteiger partial charge in [0.25, 0.3) is 10.0 Å². The number of hydrogen-bond acceptors (Lipinski definition) is 3. The predicted octanol–water partition coefficient (Wildman–Crippen LogP) is 3.93. The second-order valence-corrected chi connectivity index (χ2v) is 7.28. The number of aryl methyl sites for hydroxylation is 1. The van der Waals surface area contributed by atoms with Crippen molar-refractivity contribution >= 4 is 48.9 Å². The molecule has 0 unspecified atom stereocenters. The highest BCUT2D eigenvalue weighted by Gasteiger charge is 2.20. The summed E-state index contributed by atoms with van der Waals surface area (Å²) in [7, 11) is -4.03. The van der Waals surface area contributed by atoms with E-state index < -0.39 is 15.8 Å². The first-order chi connectivity index (χ1) is 9.70. The molecule has 0 atom stereocenters. The van der Waals surface area contributed by atoms with Crippen LogP contribution in [-0.4, -0.2) is 8.42 Å². The number of sulfonamides is 1. The van der Waals surface area contributed by atoms with Gasteiger partial charge >= 0.3 is 0 Å². The Hall–Kier alpha value is -1.31. The SMILES string of the molecule is Cc1cc(Br)c(NS(=O)(=O)c2cc(F)ccc2Cl)cc1N. The van der Waals surface area contributed by atoms with Gasteiger partial charge in [0.1, 0.15) is 10.7 Å². The van der Waals surface area contributed by atoms with E-state index in [9.17, 15) is 12.8 Å². The Morgan fingerprint density at radius 1 is 1.29 bits per heavy atom. The van der Waals surface area contributed by atoms with Gasteiger partial charge in [0.2, 0.25) is 0 Å². The van der Waals surface area contributed by atoms with E-state index in [0.717, 1.165) is 17.7 Å². The molecule has 0 saturated heterocycles. The van der Waals surface area contributed by atoms with E-state index in [1.54, 1.807) is 13.0 Å². The summed E-state index contributed by atoms with van der Waals surface area (Å²) in [5.41, 5.74) is 7.24. The quantitative estimate of drug-likeness (QED) is 0.776. The zero-order valence-corrected chi connectivity index (χ0v) is 14.0. The number of halogens is 3. The first-order valence-electron chi connectivity index (χ1n) is 5.74. The minimum atomic E-state index is -4.03. The molecule has 0 aliphatic carbocycles. The molecule has 2 rings (SSSR count). The van der Waals surface area contributed by atoms with E-state index in [0.29, 0.717) is 10.2 Å². The average Bonchev–Trinajstić information content (AvgIpc) is 2.38. The van der Waals surface area contributed by atoms with Gasteiger partial charge in [0, 0.05) is 10.2 Å². The molecule has 0 aromatic heterocycles. The van der Waals surface area contributed by atoms with Crippen LogP contribution in [0.3, 0.4) is 0 Å². The number of nitrogens with two attached hydrogens (primary N) is 1. The van der Waals surface area contributed by atoms with Crippen LogP contribution in [0.1, 0.15) is 5.56 Å². The van der Waals surface area contributed by atoms with Crippen LogP contribution in [0.15, 0.2) is 39.7 Å². The van der Waals surface area contributed by atoms with Crippen molar-refractivity contribution in [2.24, 2.45) is 0 Å². The van der Waals surface area contributed by atoms with Gasteiger partial charge < -0.3 is 5.73 Å². The van der Waals surface area contributed by atoms with Crippen molar-refractivity contribution in [3.05, 3.63) is 51.2 Å². The van der Waals surface area contributed by atoms with Crippen LogP contribution in [0.2, 0.25) is 5.02 Å². The normalized spacial score (nSPS) is 11.4. The van der Waals surface area contributed by atoms with Gasteiger partial charge in [-0.2, -0.15) is 0 Å². The lowest BCUT2D eigenvalue weighted by atomic mass is 10.2. The van der Waals surface area contributed by atoms with Gasteiger partial charge in [0.15, 0.2) is 0 Å². The molecule has 0 radical (unpaired) electrons. The van der Waals surface area contributed by atoms with Crippen molar-refractivity contribution in [3.8, 4) is 0 Å². The van der Waals surface area contributed by atoms with E-state index >= 15 is 0 Å². The molecule has 21 heavy (non-hydrogen) atoms. The number of rotatable bonds is 3. The van der Waals surface area contributed by atoms with Crippen molar-refractivity contribution < 1.29 is 12.8 Å². The Balaban J connectivity index is 2.47. The molecule has 0 saturated carbocycles. The van der Waals surface area contributed by atoms with Gasteiger partial charge in [-0.3, -0.25) is 4.72 Å². The lowest BCUT2D eigenvalue weighted by Crippen LogP contribution is -2.14. The molecule has 0 fully saturated rings. The fourth-order valence-electron chi connectivity index (χ4n) is 1.65. The van der Waals surface area contributed by atoms with Gasteiger partial charge in [-0.15, -0.1) is 0 Å². The van der Waals surface area contributed by atoms with E-state index in [-0.39, 0.29) is 15.6 Å². The van der Waals surface area contributed by atoms with Gasteiger partial charge in [-0.25, -0.2) is 12.8 Å². The summed E-state index contributed by atoms with van der Waals surface area (Å²) in [5.74, 6) is -0.692. The maximum Gasteiger partial charge on any atom is 0.263 e. The van der Waals surface area contributed by atoms with E-state index in [2.05, 4.69) is 20.7 Å². The first kappa shape index (κ1) is 16.1. The van der Waals surface area contributed by atoms with Gasteiger partial charge in [-0.1, -0.05) is 11.6 Å². The van der Waals surface area contributed by atoms with Crippen molar-refractivity contribution in [3.63, 3.8) is 0 Å². The molecule has 0 aliphatic rings. The Kier molecular flexibility index (Phi) is 4.46. The summed E-state index contributed by atoms with van der Waals surface area (Å²) in [6.07, 6.45) is 0. The molecule has 2 aromatic carbocycles. The minimum Gasteiger partial charge on any atom is -0.398 e. The topological polar surface area (TPSA) is 72.2 Å². The Labute approximate surface area is 135 Å². The highest BCUT2D eigenvalue weighted by Crippen LogP contribution is 2.31. The van der Waals surface area contributed by atoms with E-state index in [1.807, 2.05) is 0 Å². The third-order valence-corrected chi connectivity index (χ3v) is 5.29. The summed E-state index contributed by atoms with van der Waals surface area (Å²) < 4.78 is 40.7. The lowest BCUT2D eigenvalue weighted by Gasteiger charge is -2.13. The Morgan fingerprint density at radius 3 is 2.62 bits per heavy atom. The standard InChI is InChI=1S/C13H11BrClFN2O2S/c1-7-4-9(14)12(6-11(7)17)18-21(19,20)13-5-8(16)2-3-10(13)15/h2-6,18H,17H2,1H3. The molecule has 112 valence electrons. The highest BCUT2D eigenvalue weighted by atomic mass is 79.9. The number of nitrogens with one attached hydrogen (secondary N) is 1. The monoisotopic (exact) mass is 392 g/mol. The van der Waals surface area contributed by atoms with Crippen LogP contribution in [0.4, 0.5) is 15.8 Å². The molecule has 0 amide bonds. The number of benzene rings is 2. The number of anilines is 2. The molecule has 0 spiro atoms. The molecule has 0 bridgehead atoms. The first-order valence-corrected chi connectivity index (χ1v) is 8.39. The molecular weight excluding hydrogens is 383 g/mol. The third kappa shape index (κ3) is 3.48. The number of nitrogen functional groups attached to an aromatic ring is 1. The second-order valence-electron chi connectivity index (χ2n) is 4.37. The van der Waals surface area contributed by atoms with Crippen LogP contribution in [0, 0.1) is 12.7 Å². The zero-order chi connectivity index (χ0) is 15.8. The molecule has 3 N–H and O–H groups in total. The fourth-order valence-corrected chi connectivity index (χ4v) is 3.92. The summed E-state index contributed by atoms with van der Waals surface area (Å²) in [5, 5.41) is -0.0693. The third-order valence-electron chi connectivity index (χ3n) is 2.78. The van der Waals surface area contributed by atoms with Crippen LogP contribution >= 0.6 is 27.5 Å². The summed E-state index contributed by atoms with van der Waals surface area (Å²) >= 11 is 9.07. The van der Waals surface area contributed by atoms with E-state index in [1.165, 1.54) is 12.1 Å². The number of hydrogen-bond donors (Lipinski definition) is 2. The predicted molar refractivity (Wildman–Crippen MR) is 85.5 cm³/mol. The van der Waals surface area contributed by atoms with Crippen LogP contribution < -0.4 is 10.5 Å². The maximum absolute atomic E-state index is 13.2. The van der Waals surface area contributed by atoms with Crippen LogP contribution in [0.25, 0.3) is 0 Å². The van der Waals surface area contributed by atoms with Crippen LogP contribution in [0.5, 0.6) is 0 Å². The molecule has 8 heteroatoms. The molecule has 0 heterocycles. The average molecular weight is 394 g/mol. The van der Waals surface area contributed by atoms with Crippen molar-refractivity contribution in [1.29, 1.82) is 0 Å². The van der Waals surface area contributed by atoms with E-state index in [4.69, 9.17) is 17.3 Å². The highest BCUT2D eigenvalue weighted by molar-refractivity contribution is 9.10. The van der Waals surface area contributed by atoms with Crippen molar-refractivity contribution in [2.75, 3.05) is 10.5 Å². The smallest absolute Gasteiger partial charge is 0.263 e. The zero-order valence-electron chi connectivity index (χ0n) is 10.8. The van der Waals surface area contributed by atoms with Crippen LogP contribution in [-0.2, 0) is 10.0 Å². The van der Waals surface area contributed by atoms with Gasteiger partial charge in [-0.05, 0) is 58.7 Å². The summed E-state index contributed by atoms with van der Waals surface area (Å²) in [4.78, 5) is -0.338. The van der Waals surface area contributed by atoms with Crippen molar-refractivity contribution in [1.82, 2.24) is 0 Å². The minimum absolute atomic E-state index is 0.0693. The van der Waals surface area contributed by atoms with Crippen molar-refractivity contribution in [2.45, 2.75) is 11.8 Å². The Bertz CT molecular complexity index is 812. The molecule has 0 aliphatic heterocycles.